The van der Waals surface area contributed by atoms with Crippen LogP contribution in [0.2, 0.25) is 0 Å². The van der Waals surface area contributed by atoms with Gasteiger partial charge >= 0.3 is 11.4 Å². The van der Waals surface area contributed by atoms with Crippen LogP contribution in [0.4, 0.5) is 0 Å². The number of fused-ring (bicyclic) bond motifs is 5. The molecule has 1 fully saturated rings. The van der Waals surface area contributed by atoms with E-state index in [9.17, 15) is 9.59 Å². The third-order valence-corrected chi connectivity index (χ3v) is 4.09. The molecule has 2 aliphatic rings. The van der Waals surface area contributed by atoms with E-state index in [4.69, 9.17) is 0 Å². The molecule has 5 nitrogen and oxygen atoms in total. The molecule has 0 unspecified atom stereocenters. The van der Waals surface area contributed by atoms with Crippen molar-refractivity contribution in [2.75, 3.05) is 0 Å². The molecule has 1 aromatic carbocycles. The second-order valence-corrected chi connectivity index (χ2v) is 5.05. The van der Waals surface area contributed by atoms with Gasteiger partial charge in [-0.25, -0.2) is 23.5 Å². The lowest BCUT2D eigenvalue weighted by molar-refractivity contribution is 0.374. The summed E-state index contributed by atoms with van der Waals surface area (Å²) in [7, 11) is 0. The van der Waals surface area contributed by atoms with Gasteiger partial charge in [-0.2, -0.15) is 0 Å². The van der Waals surface area contributed by atoms with E-state index in [1.807, 2.05) is 18.2 Å². The lowest BCUT2D eigenvalue weighted by atomic mass is 10.3. The number of benzene rings is 1. The first-order chi connectivity index (χ1) is 8.77. The number of rotatable bonds is 1. The van der Waals surface area contributed by atoms with Crippen LogP contribution in [0.1, 0.15) is 31.3 Å². The van der Waals surface area contributed by atoms with E-state index in [1.165, 1.54) is 4.57 Å². The molecule has 1 aromatic heterocycles. The first-order valence-electron chi connectivity index (χ1n) is 6.29. The highest BCUT2D eigenvalue weighted by Crippen LogP contribution is 2.41. The van der Waals surface area contributed by atoms with Crippen molar-refractivity contribution in [2.45, 2.75) is 31.3 Å². The van der Waals surface area contributed by atoms with Crippen molar-refractivity contribution in [1.29, 1.82) is 0 Å². The Hall–Kier alpha value is -2.04. The van der Waals surface area contributed by atoms with Crippen LogP contribution < -0.4 is 11.4 Å². The second-order valence-electron chi connectivity index (χ2n) is 5.05. The fourth-order valence-corrected chi connectivity index (χ4v) is 3.31. The van der Waals surface area contributed by atoms with Gasteiger partial charge in [0.25, 0.3) is 0 Å². The van der Waals surface area contributed by atoms with Gasteiger partial charge in [0.05, 0.1) is 17.8 Å². The summed E-state index contributed by atoms with van der Waals surface area (Å²) in [6.07, 6.45) is 2.98. The Bertz CT molecular complexity index is 681. The van der Waals surface area contributed by atoms with Crippen molar-refractivity contribution >= 4 is 0 Å². The van der Waals surface area contributed by atoms with Gasteiger partial charge in [-0.1, -0.05) is 18.2 Å². The van der Waals surface area contributed by atoms with Crippen LogP contribution in [-0.4, -0.2) is 13.9 Å². The Morgan fingerprint density at radius 3 is 2.00 bits per heavy atom. The minimum atomic E-state index is -0.196. The normalized spacial score (nSPS) is 24.4. The monoisotopic (exact) mass is 243 g/mol. The minimum absolute atomic E-state index is 0.196. The first-order valence-corrected chi connectivity index (χ1v) is 6.29. The molecule has 2 aromatic rings. The number of hydrogen-bond donors (Lipinski definition) is 0. The molecule has 0 spiro atoms. The zero-order valence-electron chi connectivity index (χ0n) is 9.82. The Balaban J connectivity index is 2.04. The highest BCUT2D eigenvalue weighted by molar-refractivity contribution is 5.30. The molecule has 0 amide bonds. The number of aromatic nitrogens is 3. The molecular weight excluding hydrogens is 230 g/mol. The van der Waals surface area contributed by atoms with E-state index >= 15 is 0 Å². The summed E-state index contributed by atoms with van der Waals surface area (Å²) in [5.74, 6) is 0. The summed E-state index contributed by atoms with van der Waals surface area (Å²) in [6.45, 7) is 0. The molecule has 0 radical (unpaired) electrons. The molecular formula is C13H13N3O2. The lowest BCUT2D eigenvalue weighted by Gasteiger charge is -2.13. The molecule has 1 aliphatic heterocycles. The van der Waals surface area contributed by atoms with Gasteiger partial charge in [0.15, 0.2) is 0 Å². The van der Waals surface area contributed by atoms with Crippen molar-refractivity contribution in [2.24, 2.45) is 0 Å². The highest BCUT2D eigenvalue weighted by atomic mass is 16.2. The maximum absolute atomic E-state index is 12.4. The van der Waals surface area contributed by atoms with Crippen molar-refractivity contribution in [1.82, 2.24) is 13.9 Å². The smallest absolute Gasteiger partial charge is 0.245 e. The van der Waals surface area contributed by atoms with E-state index < -0.39 is 0 Å². The Morgan fingerprint density at radius 2 is 1.44 bits per heavy atom. The van der Waals surface area contributed by atoms with Gasteiger partial charge in [0.1, 0.15) is 0 Å². The average Bonchev–Trinajstić information content (AvgIpc) is 3.05. The van der Waals surface area contributed by atoms with E-state index in [1.54, 1.807) is 21.5 Å². The molecule has 5 heteroatoms. The summed E-state index contributed by atoms with van der Waals surface area (Å²) in [5.41, 5.74) is 0.262. The fraction of sp³-hybridized carbons (Fsp3) is 0.385. The molecule has 92 valence electrons. The molecule has 1 aliphatic carbocycles. The standard InChI is InChI=1S/C13H13N3O2/c17-12-14(9-4-2-1-3-5-9)13(18)16-11-7-6-10(8-11)15(12)16/h1-5,10-11H,6-8H2/t10-,11-/m1/s1. The van der Waals surface area contributed by atoms with E-state index in [0.29, 0.717) is 5.69 Å². The van der Waals surface area contributed by atoms with Crippen LogP contribution in [0.3, 0.4) is 0 Å². The Kier molecular flexibility index (Phi) is 1.79. The zero-order valence-corrected chi connectivity index (χ0v) is 9.82. The molecule has 0 saturated heterocycles. The molecule has 1 saturated carbocycles. The summed E-state index contributed by atoms with van der Waals surface area (Å²) in [6, 6.07) is 9.58. The van der Waals surface area contributed by atoms with Crippen molar-refractivity contribution in [3.63, 3.8) is 0 Å². The number of para-hydroxylation sites is 1. The zero-order chi connectivity index (χ0) is 12.3. The minimum Gasteiger partial charge on any atom is -0.245 e. The third-order valence-electron chi connectivity index (χ3n) is 4.09. The predicted molar refractivity (Wildman–Crippen MR) is 66.2 cm³/mol. The van der Waals surface area contributed by atoms with Crippen LogP contribution in [0.25, 0.3) is 5.69 Å². The lowest BCUT2D eigenvalue weighted by Crippen LogP contribution is -2.28. The Labute approximate surface area is 103 Å². The van der Waals surface area contributed by atoms with Crippen LogP contribution in [0.5, 0.6) is 0 Å². The second kappa shape index (κ2) is 3.25. The molecule has 2 bridgehead atoms. The number of nitrogens with zero attached hydrogens (tertiary/aromatic N) is 3. The van der Waals surface area contributed by atoms with Crippen LogP contribution in [-0.2, 0) is 0 Å². The van der Waals surface area contributed by atoms with E-state index in [-0.39, 0.29) is 23.5 Å². The van der Waals surface area contributed by atoms with Crippen molar-refractivity contribution in [3.8, 4) is 5.69 Å². The first kappa shape index (κ1) is 9.94. The van der Waals surface area contributed by atoms with Crippen LogP contribution >= 0.6 is 0 Å². The summed E-state index contributed by atoms with van der Waals surface area (Å²) in [5, 5.41) is 0. The van der Waals surface area contributed by atoms with Gasteiger partial charge in [0.2, 0.25) is 0 Å². The van der Waals surface area contributed by atoms with E-state index in [0.717, 1.165) is 19.3 Å². The van der Waals surface area contributed by atoms with Crippen molar-refractivity contribution < 1.29 is 0 Å². The van der Waals surface area contributed by atoms with E-state index in [2.05, 4.69) is 0 Å². The molecule has 2 atom stereocenters. The summed E-state index contributed by atoms with van der Waals surface area (Å²) in [4.78, 5) is 24.8. The molecule has 4 rings (SSSR count). The Morgan fingerprint density at radius 1 is 0.889 bits per heavy atom. The predicted octanol–water partition coefficient (Wildman–Crippen LogP) is 1.08. The molecule has 0 N–H and O–H groups in total. The SMILES string of the molecule is O=c1n(-c2ccccc2)c(=O)n2n1[C@@H]1CC[C@@H]2C1. The quantitative estimate of drug-likeness (QED) is 0.752. The maximum atomic E-state index is 12.4. The summed E-state index contributed by atoms with van der Waals surface area (Å²) >= 11 is 0. The van der Waals surface area contributed by atoms with Gasteiger partial charge in [-0.15, -0.1) is 0 Å². The average molecular weight is 243 g/mol. The van der Waals surface area contributed by atoms with Crippen LogP contribution in [0.15, 0.2) is 39.9 Å². The van der Waals surface area contributed by atoms with Gasteiger partial charge < -0.3 is 0 Å². The van der Waals surface area contributed by atoms with Gasteiger partial charge in [0, 0.05) is 0 Å². The van der Waals surface area contributed by atoms with Gasteiger partial charge in [-0.3, -0.25) is 0 Å². The number of hydrogen-bond acceptors (Lipinski definition) is 2. The van der Waals surface area contributed by atoms with Crippen LogP contribution in [0, 0.1) is 0 Å². The fourth-order valence-electron chi connectivity index (χ4n) is 3.31. The highest BCUT2D eigenvalue weighted by Gasteiger charge is 2.40. The topological polar surface area (TPSA) is 48.9 Å². The molecule has 2 heterocycles. The summed E-state index contributed by atoms with van der Waals surface area (Å²) < 4.78 is 4.59. The third kappa shape index (κ3) is 1.06. The molecule has 18 heavy (non-hydrogen) atoms. The largest absolute Gasteiger partial charge is 0.352 e. The van der Waals surface area contributed by atoms with Gasteiger partial charge in [-0.05, 0) is 31.4 Å². The maximum Gasteiger partial charge on any atom is 0.352 e. The van der Waals surface area contributed by atoms with Crippen molar-refractivity contribution in [3.05, 3.63) is 51.3 Å².